The number of benzene rings is 3. The SMILES string of the molecule is CC(=O)N1CCC(C(=O)N2CCC(N3CCN(C(=O)c4cc(-c5ccc(C)cc5)nc(-c5cn(S(=O)(=O)c6ccccc6)c6ccccc56)c4)CC3)CC2)CC1. The van der Waals surface area contributed by atoms with Gasteiger partial charge in [0.05, 0.1) is 21.8 Å². The first kappa shape index (κ1) is 37.6. The molecule has 5 aromatic rings. The Kier molecular flexibility index (Phi) is 10.5. The summed E-state index contributed by atoms with van der Waals surface area (Å²) in [7, 11) is -3.92. The highest BCUT2D eigenvalue weighted by atomic mass is 32.2. The van der Waals surface area contributed by atoms with Crippen molar-refractivity contribution < 1.29 is 22.8 Å². The molecule has 290 valence electrons. The zero-order chi connectivity index (χ0) is 39.0. The molecule has 0 atom stereocenters. The molecule has 11 nitrogen and oxygen atoms in total. The molecule has 3 amide bonds. The Bertz CT molecular complexity index is 2350. The number of carbonyl (C=O) groups is 3. The van der Waals surface area contributed by atoms with Crippen molar-refractivity contribution in [2.75, 3.05) is 52.4 Å². The number of hydrogen-bond donors (Lipinski definition) is 0. The third-order valence-corrected chi connectivity index (χ3v) is 13.5. The van der Waals surface area contributed by atoms with E-state index in [-0.39, 0.29) is 28.5 Å². The first-order chi connectivity index (χ1) is 27.1. The van der Waals surface area contributed by atoms with Gasteiger partial charge in [0.25, 0.3) is 15.9 Å². The summed E-state index contributed by atoms with van der Waals surface area (Å²) in [5.74, 6) is 0.220. The maximum absolute atomic E-state index is 14.4. The Labute approximate surface area is 328 Å². The van der Waals surface area contributed by atoms with Crippen LogP contribution >= 0.6 is 0 Å². The molecule has 0 spiro atoms. The summed E-state index contributed by atoms with van der Waals surface area (Å²) in [6.07, 6.45) is 4.91. The molecule has 0 saturated carbocycles. The number of amides is 3. The van der Waals surface area contributed by atoms with Gasteiger partial charge in [-0.05, 0) is 62.9 Å². The average molecular weight is 773 g/mol. The molecule has 0 radical (unpaired) electrons. The summed E-state index contributed by atoms with van der Waals surface area (Å²) < 4.78 is 29.2. The van der Waals surface area contributed by atoms with E-state index in [9.17, 15) is 22.8 Å². The van der Waals surface area contributed by atoms with Gasteiger partial charge in [-0.2, -0.15) is 0 Å². The van der Waals surface area contributed by atoms with Crippen LogP contribution in [0.3, 0.4) is 0 Å². The van der Waals surface area contributed by atoms with Gasteiger partial charge in [-0.3, -0.25) is 19.3 Å². The highest BCUT2D eigenvalue weighted by Gasteiger charge is 2.34. The molecule has 0 N–H and O–H groups in total. The van der Waals surface area contributed by atoms with Gasteiger partial charge in [0.2, 0.25) is 11.8 Å². The predicted molar refractivity (Wildman–Crippen MR) is 216 cm³/mol. The van der Waals surface area contributed by atoms with Crippen molar-refractivity contribution in [3.05, 3.63) is 108 Å². The minimum absolute atomic E-state index is 0.00194. The first-order valence-corrected chi connectivity index (χ1v) is 21.1. The van der Waals surface area contributed by atoms with Crippen LogP contribution in [-0.2, 0) is 19.6 Å². The zero-order valence-corrected chi connectivity index (χ0v) is 32.8. The molecule has 0 aliphatic carbocycles. The van der Waals surface area contributed by atoms with Crippen LogP contribution in [0, 0.1) is 12.8 Å². The zero-order valence-electron chi connectivity index (χ0n) is 32.0. The van der Waals surface area contributed by atoms with Crippen molar-refractivity contribution in [3.8, 4) is 22.5 Å². The number of carbonyl (C=O) groups excluding carboxylic acids is 3. The van der Waals surface area contributed by atoms with E-state index >= 15 is 0 Å². The van der Waals surface area contributed by atoms with Crippen molar-refractivity contribution in [2.45, 2.75) is 50.5 Å². The fourth-order valence-corrected chi connectivity index (χ4v) is 9.94. The van der Waals surface area contributed by atoms with Crippen LogP contribution in [-0.4, -0.2) is 113 Å². The van der Waals surface area contributed by atoms with Crippen LogP contribution in [0.1, 0.15) is 48.5 Å². The number of fused-ring (bicyclic) bond motifs is 1. The normalized spacial score (nSPS) is 17.7. The van der Waals surface area contributed by atoms with Gasteiger partial charge in [-0.15, -0.1) is 0 Å². The van der Waals surface area contributed by atoms with Crippen molar-refractivity contribution in [1.29, 1.82) is 0 Å². The lowest BCUT2D eigenvalue weighted by Crippen LogP contribution is -2.55. The highest BCUT2D eigenvalue weighted by Crippen LogP contribution is 2.35. The number of rotatable bonds is 7. The molecule has 12 heteroatoms. The number of aryl methyl sites for hydroxylation is 1. The van der Waals surface area contributed by atoms with E-state index in [1.54, 1.807) is 55.6 Å². The maximum Gasteiger partial charge on any atom is 0.268 e. The molecule has 2 aromatic heterocycles. The minimum atomic E-state index is -3.92. The van der Waals surface area contributed by atoms with E-state index < -0.39 is 10.0 Å². The number of nitrogens with zero attached hydrogens (tertiary/aromatic N) is 6. The molecule has 0 bridgehead atoms. The highest BCUT2D eigenvalue weighted by molar-refractivity contribution is 7.90. The van der Waals surface area contributed by atoms with Gasteiger partial charge >= 0.3 is 0 Å². The van der Waals surface area contributed by atoms with Crippen LogP contribution in [0.2, 0.25) is 0 Å². The van der Waals surface area contributed by atoms with Gasteiger partial charge in [0, 0.05) is 99.5 Å². The molecule has 0 unspecified atom stereocenters. The largest absolute Gasteiger partial charge is 0.343 e. The molecule has 3 fully saturated rings. The van der Waals surface area contributed by atoms with Gasteiger partial charge < -0.3 is 14.7 Å². The lowest BCUT2D eigenvalue weighted by Gasteiger charge is -2.43. The number of hydrogen-bond acceptors (Lipinski definition) is 7. The molecule has 56 heavy (non-hydrogen) atoms. The lowest BCUT2D eigenvalue weighted by molar-refractivity contribution is -0.141. The van der Waals surface area contributed by atoms with E-state index in [4.69, 9.17) is 4.98 Å². The monoisotopic (exact) mass is 772 g/mol. The van der Waals surface area contributed by atoms with E-state index in [0.29, 0.717) is 60.3 Å². The molecule has 8 rings (SSSR count). The van der Waals surface area contributed by atoms with Crippen molar-refractivity contribution in [2.24, 2.45) is 5.92 Å². The summed E-state index contributed by atoms with van der Waals surface area (Å²) in [5, 5.41) is 0.721. The van der Waals surface area contributed by atoms with Gasteiger partial charge in [0.15, 0.2) is 0 Å². The van der Waals surface area contributed by atoms with Crippen molar-refractivity contribution in [3.63, 3.8) is 0 Å². The fourth-order valence-electron chi connectivity index (χ4n) is 8.55. The van der Waals surface area contributed by atoms with E-state index in [1.807, 2.05) is 70.2 Å². The molecule has 3 aliphatic heterocycles. The number of pyridine rings is 1. The fraction of sp³-hybridized carbons (Fsp3) is 0.364. The summed E-state index contributed by atoms with van der Waals surface area (Å²) in [4.78, 5) is 52.9. The first-order valence-electron chi connectivity index (χ1n) is 19.6. The van der Waals surface area contributed by atoms with E-state index in [1.165, 1.54) is 3.97 Å². The quantitative estimate of drug-likeness (QED) is 0.202. The topological polar surface area (TPSA) is 116 Å². The third-order valence-electron chi connectivity index (χ3n) is 11.9. The van der Waals surface area contributed by atoms with Crippen LogP contribution in [0.15, 0.2) is 102 Å². The smallest absolute Gasteiger partial charge is 0.268 e. The van der Waals surface area contributed by atoms with Crippen LogP contribution in [0.25, 0.3) is 33.4 Å². The second kappa shape index (κ2) is 15.7. The number of para-hydroxylation sites is 1. The number of aromatic nitrogens is 2. The Morgan fingerprint density at radius 1 is 0.679 bits per heavy atom. The standard InChI is InChI=1S/C44H48N6O5S/c1-31-12-14-33(15-13-31)40-28-35(29-41(45-40)39-30-50(42-11-7-6-10-38(39)42)56(54,55)37-8-4-3-5-9-37)44(53)49-26-24-47(25-27-49)36-18-22-48(23-19-36)43(52)34-16-20-46(21-17-34)32(2)51/h3-15,28-30,34,36H,16-27H2,1-2H3. The summed E-state index contributed by atoms with van der Waals surface area (Å²) in [6, 6.07) is 27.8. The lowest BCUT2D eigenvalue weighted by atomic mass is 9.93. The molecular weight excluding hydrogens is 725 g/mol. The van der Waals surface area contributed by atoms with Gasteiger partial charge in [-0.25, -0.2) is 17.4 Å². The average Bonchev–Trinajstić information content (AvgIpc) is 3.64. The number of piperazine rings is 1. The van der Waals surface area contributed by atoms with Crippen LogP contribution in [0.4, 0.5) is 0 Å². The molecule has 3 aliphatic rings. The summed E-state index contributed by atoms with van der Waals surface area (Å²) in [6.45, 7) is 9.06. The predicted octanol–water partition coefficient (Wildman–Crippen LogP) is 5.92. The van der Waals surface area contributed by atoms with Crippen LogP contribution < -0.4 is 0 Å². The third kappa shape index (κ3) is 7.47. The Morgan fingerprint density at radius 3 is 1.98 bits per heavy atom. The Balaban J connectivity index is 1.00. The van der Waals surface area contributed by atoms with E-state index in [0.717, 1.165) is 68.4 Å². The molecule has 5 heterocycles. The Hall–Kier alpha value is -5.33. The molecular formula is C44H48N6O5S. The van der Waals surface area contributed by atoms with Crippen LogP contribution in [0.5, 0.6) is 0 Å². The number of piperidine rings is 2. The molecule has 3 aromatic carbocycles. The summed E-state index contributed by atoms with van der Waals surface area (Å²) >= 11 is 0. The van der Waals surface area contributed by atoms with Gasteiger partial charge in [-0.1, -0.05) is 66.2 Å². The Morgan fingerprint density at radius 2 is 1.30 bits per heavy atom. The second-order valence-corrected chi connectivity index (χ2v) is 17.1. The minimum Gasteiger partial charge on any atom is -0.343 e. The second-order valence-electron chi connectivity index (χ2n) is 15.3. The maximum atomic E-state index is 14.4. The summed E-state index contributed by atoms with van der Waals surface area (Å²) in [5.41, 5.74) is 4.79. The van der Waals surface area contributed by atoms with Gasteiger partial charge in [0.1, 0.15) is 0 Å². The van der Waals surface area contributed by atoms with Crippen molar-refractivity contribution >= 4 is 38.6 Å². The van der Waals surface area contributed by atoms with E-state index in [2.05, 4.69) is 4.90 Å². The number of likely N-dealkylation sites (tertiary alicyclic amines) is 2. The van der Waals surface area contributed by atoms with Crippen molar-refractivity contribution in [1.82, 2.24) is 28.6 Å². The molecule has 3 saturated heterocycles.